The number of rotatable bonds is 1. The molecule has 0 aliphatic rings. The lowest BCUT2D eigenvalue weighted by Crippen LogP contribution is -1.99. The summed E-state index contributed by atoms with van der Waals surface area (Å²) in [4.78, 5) is 4.23. The number of pyridine rings is 1. The summed E-state index contributed by atoms with van der Waals surface area (Å²) in [5, 5.41) is 10.3. The van der Waals surface area contributed by atoms with E-state index in [0.29, 0.717) is 16.8 Å². The first kappa shape index (κ1) is 18.0. The van der Waals surface area contributed by atoms with Gasteiger partial charge in [-0.15, -0.1) is 0 Å². The Bertz CT molecular complexity index is 1100. The van der Waals surface area contributed by atoms with Crippen LogP contribution in [0, 0.1) is 41.3 Å². The molecule has 1 N–H and O–H groups in total. The van der Waals surface area contributed by atoms with Crippen molar-refractivity contribution in [2.45, 2.75) is 6.10 Å². The summed E-state index contributed by atoms with van der Waals surface area (Å²) in [6, 6.07) is 18.8. The summed E-state index contributed by atoms with van der Waals surface area (Å²) < 4.78 is 12.9. The second kappa shape index (κ2) is 9.02. The molecule has 1 heterocycles. The summed E-state index contributed by atoms with van der Waals surface area (Å²) in [6.07, 6.45) is 0.564. The van der Waals surface area contributed by atoms with Crippen molar-refractivity contribution < 1.29 is 9.50 Å². The summed E-state index contributed by atoms with van der Waals surface area (Å²) in [6.45, 7) is 0. The van der Waals surface area contributed by atoms with E-state index >= 15 is 0 Å². The lowest BCUT2D eigenvalue weighted by Gasteiger charge is -2.04. The molecule has 0 radical (unpaired) electrons. The van der Waals surface area contributed by atoms with Crippen molar-refractivity contribution in [3.63, 3.8) is 0 Å². The molecule has 1 unspecified atom stereocenters. The van der Waals surface area contributed by atoms with Gasteiger partial charge in [0.1, 0.15) is 17.6 Å². The van der Waals surface area contributed by atoms with E-state index in [-0.39, 0.29) is 5.82 Å². The maximum Gasteiger partial charge on any atom is 0.143 e. The number of hydrogen-bond donors (Lipinski definition) is 1. The van der Waals surface area contributed by atoms with Gasteiger partial charge in [0.2, 0.25) is 0 Å². The molecule has 2 nitrogen and oxygen atoms in total. The van der Waals surface area contributed by atoms with Gasteiger partial charge in [-0.3, -0.25) is 0 Å². The van der Waals surface area contributed by atoms with Gasteiger partial charge in [0.15, 0.2) is 0 Å². The average Bonchev–Trinajstić information content (AvgIpc) is 2.72. The highest BCUT2D eigenvalue weighted by atomic mass is 19.1. The van der Waals surface area contributed by atoms with Crippen LogP contribution in [-0.4, -0.2) is 10.1 Å². The predicted octanol–water partition coefficient (Wildman–Crippen LogP) is 3.71. The molecule has 3 heteroatoms. The normalized spacial score (nSPS) is 10.3. The van der Waals surface area contributed by atoms with Gasteiger partial charge in [0.25, 0.3) is 0 Å². The second-order valence-corrected chi connectivity index (χ2v) is 5.49. The number of aliphatic hydroxyl groups is 1. The fourth-order valence-electron chi connectivity index (χ4n) is 2.21. The summed E-state index contributed by atoms with van der Waals surface area (Å²) in [7, 11) is 0. The molecule has 0 fully saturated rings. The van der Waals surface area contributed by atoms with E-state index in [4.69, 9.17) is 0 Å². The molecule has 0 saturated carbocycles. The van der Waals surface area contributed by atoms with Gasteiger partial charge in [0, 0.05) is 22.9 Å². The topological polar surface area (TPSA) is 33.1 Å². The third-order valence-electron chi connectivity index (χ3n) is 3.55. The molecular weight excluding hydrogens is 337 g/mol. The van der Waals surface area contributed by atoms with Crippen LogP contribution >= 0.6 is 0 Å². The molecule has 128 valence electrons. The van der Waals surface area contributed by atoms with Gasteiger partial charge in [-0.25, -0.2) is 9.37 Å². The molecule has 1 atom stereocenters. The third kappa shape index (κ3) is 5.32. The van der Waals surface area contributed by atoms with E-state index in [1.165, 1.54) is 12.1 Å². The minimum atomic E-state index is -1.05. The van der Waals surface area contributed by atoms with Crippen molar-refractivity contribution >= 4 is 0 Å². The number of aromatic nitrogens is 1. The lowest BCUT2D eigenvalue weighted by atomic mass is 10.1. The predicted molar refractivity (Wildman–Crippen MR) is 103 cm³/mol. The molecule has 3 rings (SSSR count). The van der Waals surface area contributed by atoms with Crippen LogP contribution in [0.2, 0.25) is 0 Å². The molecule has 27 heavy (non-hydrogen) atoms. The van der Waals surface area contributed by atoms with Crippen LogP contribution in [0.3, 0.4) is 0 Å². The highest BCUT2D eigenvalue weighted by molar-refractivity contribution is 5.46. The number of nitrogens with zero attached hydrogens (tertiary/aromatic N) is 1. The quantitative estimate of drug-likeness (QED) is 0.678. The highest BCUT2D eigenvalue weighted by Gasteiger charge is 2.08. The highest BCUT2D eigenvalue weighted by Crippen LogP contribution is 2.14. The van der Waals surface area contributed by atoms with Crippen molar-refractivity contribution in [2.75, 3.05) is 0 Å². The minimum Gasteiger partial charge on any atom is -0.376 e. The Morgan fingerprint density at radius 2 is 1.52 bits per heavy atom. The van der Waals surface area contributed by atoms with Crippen LogP contribution in [0.15, 0.2) is 72.9 Å². The van der Waals surface area contributed by atoms with E-state index in [9.17, 15) is 9.50 Å². The van der Waals surface area contributed by atoms with Crippen LogP contribution in [0.4, 0.5) is 4.39 Å². The van der Waals surface area contributed by atoms with Gasteiger partial charge < -0.3 is 5.11 Å². The Morgan fingerprint density at radius 3 is 2.30 bits per heavy atom. The monoisotopic (exact) mass is 351 g/mol. The maximum absolute atomic E-state index is 12.9. The van der Waals surface area contributed by atoms with Crippen LogP contribution in [0.25, 0.3) is 0 Å². The Labute approximate surface area is 157 Å². The molecule has 0 bridgehead atoms. The van der Waals surface area contributed by atoms with E-state index in [0.717, 1.165) is 5.56 Å². The van der Waals surface area contributed by atoms with Crippen LogP contribution in [0.1, 0.15) is 28.5 Å². The van der Waals surface area contributed by atoms with Crippen molar-refractivity contribution in [2.24, 2.45) is 0 Å². The van der Waals surface area contributed by atoms with Crippen LogP contribution in [0.5, 0.6) is 0 Å². The zero-order valence-corrected chi connectivity index (χ0v) is 14.3. The van der Waals surface area contributed by atoms with Crippen molar-refractivity contribution in [1.82, 2.24) is 4.98 Å². The molecule has 3 aromatic rings. The summed E-state index contributed by atoms with van der Waals surface area (Å²) in [5.74, 6) is 16.4. The Hall–Kier alpha value is -3.84. The first-order valence-electron chi connectivity index (χ1n) is 8.19. The molecule has 0 saturated heterocycles. The number of halogens is 1. The van der Waals surface area contributed by atoms with Gasteiger partial charge in [-0.2, -0.15) is 0 Å². The summed E-state index contributed by atoms with van der Waals surface area (Å²) in [5.41, 5.74) is 2.50. The largest absolute Gasteiger partial charge is 0.376 e. The Balaban J connectivity index is 1.78. The van der Waals surface area contributed by atoms with E-state index < -0.39 is 6.10 Å². The second-order valence-electron chi connectivity index (χ2n) is 5.49. The van der Waals surface area contributed by atoms with Crippen molar-refractivity contribution in [1.29, 1.82) is 0 Å². The SMILES string of the molecule is OC(C#CC#Cc1ccc(F)cc1)c1cccnc1C#Cc1ccccc1. The molecule has 1 aromatic heterocycles. The van der Waals surface area contributed by atoms with Gasteiger partial charge in [-0.05, 0) is 60.2 Å². The zero-order chi connectivity index (χ0) is 18.9. The molecule has 0 aliphatic carbocycles. The molecule has 0 aliphatic heterocycles. The van der Waals surface area contributed by atoms with Crippen LogP contribution < -0.4 is 0 Å². The smallest absolute Gasteiger partial charge is 0.143 e. The first-order chi connectivity index (χ1) is 13.2. The minimum absolute atomic E-state index is 0.317. The van der Waals surface area contributed by atoms with Crippen molar-refractivity contribution in [3.8, 4) is 35.5 Å². The summed E-state index contributed by atoms with van der Waals surface area (Å²) >= 11 is 0. The molecule has 2 aromatic carbocycles. The third-order valence-corrected chi connectivity index (χ3v) is 3.55. The number of aliphatic hydroxyl groups excluding tert-OH is 1. The van der Waals surface area contributed by atoms with Gasteiger partial charge in [0.05, 0.1) is 0 Å². The van der Waals surface area contributed by atoms with Gasteiger partial charge >= 0.3 is 0 Å². The Kier molecular flexibility index (Phi) is 6.00. The molecule has 0 spiro atoms. The molecular formula is C24H14FNO. The first-order valence-corrected chi connectivity index (χ1v) is 8.19. The van der Waals surface area contributed by atoms with Gasteiger partial charge in [-0.1, -0.05) is 42.0 Å². The molecule has 0 amide bonds. The van der Waals surface area contributed by atoms with E-state index in [1.807, 2.05) is 30.3 Å². The standard InChI is InChI=1S/C24H14FNO/c25-21-15-12-20(13-16-21)9-4-5-11-24(27)22-10-6-18-26-23(22)17-14-19-7-2-1-3-8-19/h1-3,6-8,10,12-13,15-16,18,24,27H. The van der Waals surface area contributed by atoms with Crippen molar-refractivity contribution in [3.05, 3.63) is 101 Å². The zero-order valence-electron chi connectivity index (χ0n) is 14.3. The number of hydrogen-bond acceptors (Lipinski definition) is 2. The number of benzene rings is 2. The van der Waals surface area contributed by atoms with E-state index in [1.54, 1.807) is 30.5 Å². The van der Waals surface area contributed by atoms with Crippen LogP contribution in [-0.2, 0) is 0 Å². The Morgan fingerprint density at radius 1 is 0.778 bits per heavy atom. The lowest BCUT2D eigenvalue weighted by molar-refractivity contribution is 0.237. The van der Waals surface area contributed by atoms with E-state index in [2.05, 4.69) is 40.5 Å². The maximum atomic E-state index is 12.9. The average molecular weight is 351 g/mol. The fraction of sp³-hybridized carbons (Fsp3) is 0.0417. The fourth-order valence-corrected chi connectivity index (χ4v) is 2.21.